The van der Waals surface area contributed by atoms with Crippen molar-refractivity contribution >= 4 is 15.7 Å². The van der Waals surface area contributed by atoms with Crippen molar-refractivity contribution in [3.05, 3.63) is 0 Å². The molecule has 46 valence electrons. The first-order valence-electron chi connectivity index (χ1n) is 3.11. The molecule has 4 radical (unpaired) electrons. The predicted molar refractivity (Wildman–Crippen MR) is 37.7 cm³/mol. The van der Waals surface area contributed by atoms with Crippen molar-refractivity contribution in [2.75, 3.05) is 19.8 Å². The molecular formula is C5H9B2NO. The second-order valence-electron chi connectivity index (χ2n) is 2.33. The summed E-state index contributed by atoms with van der Waals surface area (Å²) in [6.45, 7) is 2.10. The Bertz CT molecular complexity index is 87.0. The van der Waals surface area contributed by atoms with Crippen molar-refractivity contribution in [3.8, 4) is 0 Å². The molecule has 1 aliphatic heterocycles. The van der Waals surface area contributed by atoms with E-state index in [1.54, 1.807) is 0 Å². The molecule has 0 amide bonds. The first-order chi connectivity index (χ1) is 4.21. The summed E-state index contributed by atoms with van der Waals surface area (Å²) >= 11 is 0. The molecule has 1 rings (SSSR count). The molecule has 0 aromatic heterocycles. The maximum Gasteiger partial charge on any atom is 0.0821 e. The fourth-order valence-corrected chi connectivity index (χ4v) is 0.787. The summed E-state index contributed by atoms with van der Waals surface area (Å²) in [6, 6.07) is 0. The minimum absolute atomic E-state index is 0.653. The van der Waals surface area contributed by atoms with Gasteiger partial charge >= 0.3 is 0 Å². The van der Waals surface area contributed by atoms with Gasteiger partial charge in [-0.25, -0.2) is 0 Å². The van der Waals surface area contributed by atoms with Crippen molar-refractivity contribution in [1.82, 2.24) is 5.32 Å². The van der Waals surface area contributed by atoms with E-state index in [1.165, 1.54) is 0 Å². The van der Waals surface area contributed by atoms with Crippen molar-refractivity contribution < 1.29 is 4.74 Å². The van der Waals surface area contributed by atoms with Gasteiger partial charge in [-0.15, -0.1) is 0 Å². The quantitative estimate of drug-likeness (QED) is 0.414. The average molecular weight is 121 g/mol. The molecule has 1 aliphatic rings. The van der Waals surface area contributed by atoms with E-state index >= 15 is 0 Å². The van der Waals surface area contributed by atoms with Gasteiger partial charge in [0.25, 0.3) is 0 Å². The standard InChI is InChI=1S/C5H9B2NO/c6-5(7)1-3-9-4-2-8-5/h8H,1-4H2. The Morgan fingerprint density at radius 2 is 2.11 bits per heavy atom. The summed E-state index contributed by atoms with van der Waals surface area (Å²) < 4.78 is 5.11. The summed E-state index contributed by atoms with van der Waals surface area (Å²) in [7, 11) is 11.1. The van der Waals surface area contributed by atoms with E-state index in [-0.39, 0.29) is 0 Å². The molecule has 0 aliphatic carbocycles. The Morgan fingerprint density at radius 1 is 1.33 bits per heavy atom. The van der Waals surface area contributed by atoms with Crippen LogP contribution in [0.15, 0.2) is 0 Å². The maximum atomic E-state index is 5.56. The molecule has 0 aromatic carbocycles. The lowest BCUT2D eigenvalue weighted by atomic mass is 9.60. The number of hydrogen-bond donors (Lipinski definition) is 1. The SMILES string of the molecule is [B]C1([B])CCOCCN1. The monoisotopic (exact) mass is 121 g/mol. The van der Waals surface area contributed by atoms with E-state index < -0.39 is 5.34 Å². The highest BCUT2D eigenvalue weighted by Gasteiger charge is 2.17. The van der Waals surface area contributed by atoms with Crippen molar-refractivity contribution in [3.63, 3.8) is 0 Å². The lowest BCUT2D eigenvalue weighted by Gasteiger charge is -2.23. The molecule has 1 N–H and O–H groups in total. The highest BCUT2D eigenvalue weighted by Crippen LogP contribution is 2.02. The molecular weight excluding hydrogens is 112 g/mol. The molecule has 1 saturated heterocycles. The van der Waals surface area contributed by atoms with E-state index in [1.807, 2.05) is 0 Å². The van der Waals surface area contributed by atoms with E-state index in [4.69, 9.17) is 20.4 Å². The van der Waals surface area contributed by atoms with E-state index in [2.05, 4.69) is 5.32 Å². The van der Waals surface area contributed by atoms with Gasteiger partial charge in [0.05, 0.1) is 22.3 Å². The van der Waals surface area contributed by atoms with Crippen LogP contribution in [0.5, 0.6) is 0 Å². The van der Waals surface area contributed by atoms with Crippen LogP contribution < -0.4 is 5.32 Å². The fraction of sp³-hybridized carbons (Fsp3) is 1.00. The van der Waals surface area contributed by atoms with Crippen LogP contribution >= 0.6 is 0 Å². The molecule has 2 nitrogen and oxygen atoms in total. The molecule has 9 heavy (non-hydrogen) atoms. The van der Waals surface area contributed by atoms with Gasteiger partial charge in [0.1, 0.15) is 0 Å². The molecule has 0 atom stereocenters. The second kappa shape index (κ2) is 2.76. The zero-order chi connectivity index (χ0) is 6.74. The van der Waals surface area contributed by atoms with Crippen LogP contribution in [-0.2, 0) is 4.74 Å². The summed E-state index contributed by atoms with van der Waals surface area (Å²) in [5, 5.41) is 2.24. The highest BCUT2D eigenvalue weighted by atomic mass is 16.5. The summed E-state index contributed by atoms with van der Waals surface area (Å²) in [5.74, 6) is 0. The Hall–Kier alpha value is 0.0499. The van der Waals surface area contributed by atoms with Crippen molar-refractivity contribution in [2.45, 2.75) is 11.8 Å². The molecule has 0 saturated carbocycles. The van der Waals surface area contributed by atoms with Gasteiger partial charge in [-0.1, -0.05) is 5.34 Å². The zero-order valence-electron chi connectivity index (χ0n) is 5.39. The number of ether oxygens (including phenoxy) is 1. The normalized spacial score (nSPS) is 27.1. The smallest absolute Gasteiger partial charge is 0.0821 e. The Kier molecular flexibility index (Phi) is 2.19. The maximum absolute atomic E-state index is 5.56. The molecule has 4 heteroatoms. The molecule has 0 bridgehead atoms. The Labute approximate surface area is 58.2 Å². The zero-order valence-corrected chi connectivity index (χ0v) is 5.39. The highest BCUT2D eigenvalue weighted by molar-refractivity contribution is 6.39. The Morgan fingerprint density at radius 3 is 2.89 bits per heavy atom. The van der Waals surface area contributed by atoms with Crippen molar-refractivity contribution in [2.24, 2.45) is 0 Å². The molecule has 1 fully saturated rings. The van der Waals surface area contributed by atoms with Crippen LogP contribution in [0.2, 0.25) is 0 Å². The van der Waals surface area contributed by atoms with Gasteiger partial charge in [-0.2, -0.15) is 0 Å². The van der Waals surface area contributed by atoms with Gasteiger partial charge in [0, 0.05) is 13.2 Å². The number of hydrogen-bond acceptors (Lipinski definition) is 2. The van der Waals surface area contributed by atoms with Crippen LogP contribution in [0, 0.1) is 0 Å². The predicted octanol–water partition coefficient (Wildman–Crippen LogP) is -1.01. The van der Waals surface area contributed by atoms with Crippen LogP contribution in [0.4, 0.5) is 0 Å². The Balaban J connectivity index is 2.36. The summed E-state index contributed by atoms with van der Waals surface area (Å²) in [6.07, 6.45) is 0.674. The second-order valence-corrected chi connectivity index (χ2v) is 2.33. The van der Waals surface area contributed by atoms with Gasteiger partial charge < -0.3 is 10.1 Å². The van der Waals surface area contributed by atoms with E-state index in [0.717, 1.165) is 6.54 Å². The van der Waals surface area contributed by atoms with Crippen molar-refractivity contribution in [1.29, 1.82) is 0 Å². The minimum atomic E-state index is -0.712. The first-order valence-corrected chi connectivity index (χ1v) is 3.11. The van der Waals surface area contributed by atoms with Gasteiger partial charge in [0.15, 0.2) is 0 Å². The van der Waals surface area contributed by atoms with Crippen LogP contribution in [0.3, 0.4) is 0 Å². The summed E-state index contributed by atoms with van der Waals surface area (Å²) in [4.78, 5) is 0. The molecule has 1 heterocycles. The van der Waals surface area contributed by atoms with Gasteiger partial charge in [0.2, 0.25) is 0 Å². The topological polar surface area (TPSA) is 21.3 Å². The number of rotatable bonds is 0. The molecule has 0 spiro atoms. The minimum Gasteiger partial charge on any atom is -0.380 e. The van der Waals surface area contributed by atoms with Crippen LogP contribution in [0.1, 0.15) is 6.42 Å². The van der Waals surface area contributed by atoms with Crippen LogP contribution in [-0.4, -0.2) is 40.8 Å². The lowest BCUT2D eigenvalue weighted by Crippen LogP contribution is -2.46. The molecule has 0 unspecified atom stereocenters. The summed E-state index contributed by atoms with van der Waals surface area (Å²) in [5.41, 5.74) is 0. The third kappa shape index (κ3) is 2.41. The first kappa shape index (κ1) is 7.16. The fourth-order valence-electron chi connectivity index (χ4n) is 0.787. The van der Waals surface area contributed by atoms with E-state index in [9.17, 15) is 0 Å². The van der Waals surface area contributed by atoms with Crippen LogP contribution in [0.25, 0.3) is 0 Å². The largest absolute Gasteiger partial charge is 0.380 e. The average Bonchev–Trinajstić information content (AvgIpc) is 1.92. The van der Waals surface area contributed by atoms with Gasteiger partial charge in [-0.05, 0) is 6.42 Å². The molecule has 0 aromatic rings. The third-order valence-corrected chi connectivity index (χ3v) is 1.36. The van der Waals surface area contributed by atoms with Gasteiger partial charge in [-0.3, -0.25) is 0 Å². The third-order valence-electron chi connectivity index (χ3n) is 1.36. The lowest BCUT2D eigenvalue weighted by molar-refractivity contribution is 0.150. The van der Waals surface area contributed by atoms with E-state index in [0.29, 0.717) is 19.6 Å². The number of nitrogens with one attached hydrogen (secondary N) is 1.